The Morgan fingerprint density at radius 3 is 2.65 bits per heavy atom. The van der Waals surface area contributed by atoms with Gasteiger partial charge in [-0.25, -0.2) is 8.42 Å². The van der Waals surface area contributed by atoms with Gasteiger partial charge in [0.25, 0.3) is 10.0 Å². The smallest absolute Gasteiger partial charge is 0.265 e. The molecule has 0 saturated carbocycles. The fourth-order valence-corrected chi connectivity index (χ4v) is 3.39. The first-order chi connectivity index (χ1) is 9.33. The summed E-state index contributed by atoms with van der Waals surface area (Å²) >= 11 is 9.07. The average molecular weight is 381 g/mol. The van der Waals surface area contributed by atoms with Gasteiger partial charge in [-0.05, 0) is 41.1 Å². The third kappa shape index (κ3) is 3.17. The predicted octanol–water partition coefficient (Wildman–Crippen LogP) is 3.30. The summed E-state index contributed by atoms with van der Waals surface area (Å²) in [5.41, 5.74) is 0.368. The van der Waals surface area contributed by atoms with Crippen LogP contribution in [0.15, 0.2) is 38.1 Å². The number of aliphatic hydroxyl groups excluding tert-OH is 1. The Hall–Kier alpha value is -1.02. The molecule has 5 nitrogen and oxygen atoms in total. The van der Waals surface area contributed by atoms with Gasteiger partial charge in [-0.15, -0.1) is 0 Å². The van der Waals surface area contributed by atoms with E-state index in [0.29, 0.717) is 15.2 Å². The summed E-state index contributed by atoms with van der Waals surface area (Å²) in [5.74, 6) is 0.412. The van der Waals surface area contributed by atoms with E-state index in [9.17, 15) is 8.42 Å². The Bertz CT molecular complexity index is 742. The quantitative estimate of drug-likeness (QED) is 0.853. The van der Waals surface area contributed by atoms with E-state index < -0.39 is 10.0 Å². The molecule has 20 heavy (non-hydrogen) atoms. The lowest BCUT2D eigenvalue weighted by Gasteiger charge is -2.07. The highest BCUT2D eigenvalue weighted by Gasteiger charge is 2.21. The molecule has 0 unspecified atom stereocenters. The van der Waals surface area contributed by atoms with Gasteiger partial charge in [0.05, 0.1) is 10.7 Å². The van der Waals surface area contributed by atoms with Crippen LogP contribution in [0.25, 0.3) is 0 Å². The van der Waals surface area contributed by atoms with Crippen molar-refractivity contribution in [3.8, 4) is 0 Å². The fraction of sp³-hybridized carbons (Fsp3) is 0.167. The maximum Gasteiger partial charge on any atom is 0.265 e. The van der Waals surface area contributed by atoms with Crippen molar-refractivity contribution in [2.24, 2.45) is 0 Å². The van der Waals surface area contributed by atoms with Gasteiger partial charge in [0.15, 0.2) is 0 Å². The largest absolute Gasteiger partial charge is 0.462 e. The van der Waals surface area contributed by atoms with Crippen molar-refractivity contribution in [2.75, 3.05) is 4.72 Å². The molecule has 1 aromatic carbocycles. The summed E-state index contributed by atoms with van der Waals surface area (Å²) in [5, 5.41) is 9.45. The normalized spacial score (nSPS) is 11.6. The van der Waals surface area contributed by atoms with Gasteiger partial charge in [0.1, 0.15) is 23.0 Å². The second-order valence-electron chi connectivity index (χ2n) is 4.03. The van der Waals surface area contributed by atoms with Gasteiger partial charge in [-0.1, -0.05) is 11.6 Å². The van der Waals surface area contributed by atoms with Crippen molar-refractivity contribution >= 4 is 43.2 Å². The SMILES string of the molecule is Cc1oc(CO)cc1S(=O)(=O)Nc1ccc(Cl)c(Br)c1. The van der Waals surface area contributed by atoms with Crippen molar-refractivity contribution in [3.63, 3.8) is 0 Å². The van der Waals surface area contributed by atoms with Crippen molar-refractivity contribution < 1.29 is 17.9 Å². The molecule has 0 atom stereocenters. The van der Waals surface area contributed by atoms with Crippen LogP contribution in [-0.2, 0) is 16.6 Å². The van der Waals surface area contributed by atoms with Crippen LogP contribution in [0.3, 0.4) is 0 Å². The van der Waals surface area contributed by atoms with Crippen molar-refractivity contribution in [3.05, 3.63) is 45.3 Å². The summed E-state index contributed by atoms with van der Waals surface area (Å²) in [6.07, 6.45) is 0. The molecule has 0 aliphatic carbocycles. The van der Waals surface area contributed by atoms with E-state index in [0.717, 1.165) is 0 Å². The van der Waals surface area contributed by atoms with Crippen LogP contribution in [0.5, 0.6) is 0 Å². The van der Waals surface area contributed by atoms with Crippen LogP contribution in [-0.4, -0.2) is 13.5 Å². The van der Waals surface area contributed by atoms with Crippen LogP contribution in [0, 0.1) is 6.92 Å². The van der Waals surface area contributed by atoms with Crippen LogP contribution >= 0.6 is 27.5 Å². The topological polar surface area (TPSA) is 79.5 Å². The summed E-state index contributed by atoms with van der Waals surface area (Å²) in [4.78, 5) is -0.00683. The van der Waals surface area contributed by atoms with Gasteiger partial charge < -0.3 is 9.52 Å². The molecule has 0 spiro atoms. The Labute approximate surface area is 129 Å². The van der Waals surface area contributed by atoms with Gasteiger partial charge in [-0.3, -0.25) is 4.72 Å². The number of aryl methyl sites for hydroxylation is 1. The van der Waals surface area contributed by atoms with Crippen LogP contribution < -0.4 is 4.72 Å². The number of sulfonamides is 1. The number of hydrogen-bond acceptors (Lipinski definition) is 4. The number of rotatable bonds is 4. The summed E-state index contributed by atoms with van der Waals surface area (Å²) < 4.78 is 32.6. The number of anilines is 1. The molecule has 0 radical (unpaired) electrons. The predicted molar refractivity (Wildman–Crippen MR) is 79.3 cm³/mol. The van der Waals surface area contributed by atoms with E-state index in [1.807, 2.05) is 0 Å². The summed E-state index contributed by atoms with van der Waals surface area (Å²) in [7, 11) is -3.78. The molecule has 0 fully saturated rings. The Morgan fingerprint density at radius 1 is 1.40 bits per heavy atom. The Morgan fingerprint density at radius 2 is 2.10 bits per heavy atom. The monoisotopic (exact) mass is 379 g/mol. The second-order valence-corrected chi connectivity index (χ2v) is 6.94. The molecule has 8 heteroatoms. The summed E-state index contributed by atoms with van der Waals surface area (Å²) in [6.45, 7) is 1.16. The van der Waals surface area contributed by atoms with Gasteiger partial charge >= 0.3 is 0 Å². The fourth-order valence-electron chi connectivity index (χ4n) is 1.64. The van der Waals surface area contributed by atoms with Crippen molar-refractivity contribution in [2.45, 2.75) is 18.4 Å². The van der Waals surface area contributed by atoms with E-state index in [4.69, 9.17) is 21.1 Å². The minimum atomic E-state index is -3.78. The molecule has 1 aromatic heterocycles. The third-order valence-electron chi connectivity index (χ3n) is 2.54. The number of hydrogen-bond donors (Lipinski definition) is 2. The lowest BCUT2D eigenvalue weighted by Crippen LogP contribution is -2.13. The Kier molecular flexibility index (Phi) is 4.43. The number of furan rings is 1. The molecule has 2 N–H and O–H groups in total. The molecular weight excluding hydrogens is 370 g/mol. The third-order valence-corrected chi connectivity index (χ3v) is 5.24. The minimum absolute atomic E-state index is 0.00683. The lowest BCUT2D eigenvalue weighted by molar-refractivity contribution is 0.245. The van der Waals surface area contributed by atoms with Crippen LogP contribution in [0.1, 0.15) is 11.5 Å². The van der Waals surface area contributed by atoms with E-state index >= 15 is 0 Å². The second kappa shape index (κ2) is 5.77. The zero-order chi connectivity index (χ0) is 14.9. The maximum atomic E-state index is 12.2. The molecular formula is C12H11BrClNO4S. The number of halogens is 2. The highest BCUT2D eigenvalue weighted by atomic mass is 79.9. The molecule has 2 aromatic rings. The van der Waals surface area contributed by atoms with Crippen LogP contribution in [0.4, 0.5) is 5.69 Å². The highest BCUT2D eigenvalue weighted by molar-refractivity contribution is 9.10. The molecule has 0 saturated heterocycles. The standard InChI is InChI=1S/C12H11BrClNO4S/c1-7-12(5-9(6-16)19-7)20(17,18)15-8-2-3-11(14)10(13)4-8/h2-5,15-16H,6H2,1H3. The maximum absolute atomic E-state index is 12.2. The minimum Gasteiger partial charge on any atom is -0.462 e. The van der Waals surface area contributed by atoms with Crippen LogP contribution in [0.2, 0.25) is 5.02 Å². The molecule has 1 heterocycles. The molecule has 2 rings (SSSR count). The number of benzene rings is 1. The van der Waals surface area contributed by atoms with E-state index in [1.165, 1.54) is 13.0 Å². The zero-order valence-electron chi connectivity index (χ0n) is 10.4. The number of aliphatic hydroxyl groups is 1. The van der Waals surface area contributed by atoms with Crippen molar-refractivity contribution in [1.82, 2.24) is 0 Å². The van der Waals surface area contributed by atoms with Gasteiger partial charge in [-0.2, -0.15) is 0 Å². The number of nitrogens with one attached hydrogen (secondary N) is 1. The first-order valence-corrected chi connectivity index (χ1v) is 8.17. The average Bonchev–Trinajstić information content (AvgIpc) is 2.76. The van der Waals surface area contributed by atoms with Gasteiger partial charge in [0.2, 0.25) is 0 Å². The van der Waals surface area contributed by atoms with Crippen molar-refractivity contribution in [1.29, 1.82) is 0 Å². The highest BCUT2D eigenvalue weighted by Crippen LogP contribution is 2.28. The Balaban J connectivity index is 2.35. The molecule has 0 bridgehead atoms. The molecule has 0 amide bonds. The first-order valence-electron chi connectivity index (χ1n) is 5.51. The van der Waals surface area contributed by atoms with E-state index in [-0.39, 0.29) is 23.0 Å². The van der Waals surface area contributed by atoms with Gasteiger partial charge in [0, 0.05) is 10.5 Å². The lowest BCUT2D eigenvalue weighted by atomic mass is 10.3. The summed E-state index contributed by atoms with van der Waals surface area (Å²) in [6, 6.07) is 5.97. The van der Waals surface area contributed by atoms with E-state index in [2.05, 4.69) is 20.7 Å². The first kappa shape index (κ1) is 15.4. The molecule has 0 aliphatic rings. The molecule has 0 aliphatic heterocycles. The van der Waals surface area contributed by atoms with E-state index in [1.54, 1.807) is 18.2 Å². The zero-order valence-corrected chi connectivity index (χ0v) is 13.5. The molecule has 108 valence electrons.